The Labute approximate surface area is 89.9 Å². The van der Waals surface area contributed by atoms with Gasteiger partial charge in [-0.25, -0.2) is 4.79 Å². The van der Waals surface area contributed by atoms with Crippen LogP contribution in [-0.4, -0.2) is 12.1 Å². The molecule has 2 amide bonds. The summed E-state index contributed by atoms with van der Waals surface area (Å²) in [5.74, 6) is 0. The van der Waals surface area contributed by atoms with Crippen LogP contribution in [0.2, 0.25) is 0 Å². The molecular formula is C12H16N2O. The van der Waals surface area contributed by atoms with E-state index in [1.165, 1.54) is 0 Å². The number of hydrogen-bond acceptors (Lipinski definition) is 1. The van der Waals surface area contributed by atoms with Crippen LogP contribution in [0.25, 0.3) is 0 Å². The molecule has 0 bridgehead atoms. The maximum absolute atomic E-state index is 11.5. The van der Waals surface area contributed by atoms with Crippen molar-refractivity contribution in [3.63, 3.8) is 0 Å². The summed E-state index contributed by atoms with van der Waals surface area (Å²) in [5, 5.41) is 5.74. The van der Waals surface area contributed by atoms with Crippen LogP contribution in [0.3, 0.4) is 0 Å². The van der Waals surface area contributed by atoms with E-state index in [-0.39, 0.29) is 6.03 Å². The van der Waals surface area contributed by atoms with Gasteiger partial charge in [0.2, 0.25) is 0 Å². The highest BCUT2D eigenvalue weighted by molar-refractivity contribution is 5.89. The van der Waals surface area contributed by atoms with Gasteiger partial charge in [0.15, 0.2) is 0 Å². The minimum absolute atomic E-state index is 0.0949. The van der Waals surface area contributed by atoms with Crippen molar-refractivity contribution in [3.8, 4) is 0 Å². The quantitative estimate of drug-likeness (QED) is 0.763. The lowest BCUT2D eigenvalue weighted by atomic mass is 10.1. The number of carbonyl (C=O) groups excluding carboxylic acids is 1. The highest BCUT2D eigenvalue weighted by atomic mass is 16.2. The molecule has 0 radical (unpaired) electrons. The SMILES string of the molecule is Cc1cc(C)cc(NC(=O)NC2CC2)c1. The minimum Gasteiger partial charge on any atom is -0.335 e. The highest BCUT2D eigenvalue weighted by Crippen LogP contribution is 2.19. The lowest BCUT2D eigenvalue weighted by molar-refractivity contribution is 0.251. The van der Waals surface area contributed by atoms with Crippen molar-refractivity contribution < 1.29 is 4.79 Å². The molecular weight excluding hydrogens is 188 g/mol. The topological polar surface area (TPSA) is 41.1 Å². The van der Waals surface area contributed by atoms with Crippen molar-refractivity contribution >= 4 is 11.7 Å². The molecule has 0 heterocycles. The average Bonchev–Trinajstić information content (AvgIpc) is 2.85. The van der Waals surface area contributed by atoms with Gasteiger partial charge in [-0.3, -0.25) is 0 Å². The molecule has 2 rings (SSSR count). The second-order valence-electron chi connectivity index (χ2n) is 4.25. The molecule has 3 nitrogen and oxygen atoms in total. The number of aryl methyl sites for hydroxylation is 2. The Bertz CT molecular complexity index is 363. The smallest absolute Gasteiger partial charge is 0.319 e. The summed E-state index contributed by atoms with van der Waals surface area (Å²) in [6, 6.07) is 6.33. The van der Waals surface area contributed by atoms with E-state index >= 15 is 0 Å². The van der Waals surface area contributed by atoms with E-state index in [2.05, 4.69) is 16.7 Å². The van der Waals surface area contributed by atoms with E-state index in [0.717, 1.165) is 29.7 Å². The molecule has 3 heteroatoms. The first-order chi connectivity index (χ1) is 7.13. The number of nitrogens with one attached hydrogen (secondary N) is 2. The normalized spacial score (nSPS) is 14.8. The van der Waals surface area contributed by atoms with Gasteiger partial charge < -0.3 is 10.6 Å². The molecule has 1 saturated carbocycles. The van der Waals surface area contributed by atoms with Crippen LogP contribution in [0.4, 0.5) is 10.5 Å². The van der Waals surface area contributed by atoms with E-state index in [1.807, 2.05) is 26.0 Å². The molecule has 0 unspecified atom stereocenters. The summed E-state index contributed by atoms with van der Waals surface area (Å²) in [6.07, 6.45) is 2.22. The molecule has 1 aromatic rings. The van der Waals surface area contributed by atoms with Crippen LogP contribution in [0.1, 0.15) is 24.0 Å². The Morgan fingerprint density at radius 2 is 1.80 bits per heavy atom. The Kier molecular flexibility index (Phi) is 2.62. The standard InChI is InChI=1S/C12H16N2O/c1-8-5-9(2)7-11(6-8)14-12(15)13-10-3-4-10/h5-7,10H,3-4H2,1-2H3,(H2,13,14,15). The van der Waals surface area contributed by atoms with Crippen LogP contribution >= 0.6 is 0 Å². The molecule has 1 aliphatic rings. The second kappa shape index (κ2) is 3.93. The third-order valence-corrected chi connectivity index (χ3v) is 2.39. The molecule has 15 heavy (non-hydrogen) atoms. The molecule has 2 N–H and O–H groups in total. The Hall–Kier alpha value is -1.51. The van der Waals surface area contributed by atoms with Crippen LogP contribution in [-0.2, 0) is 0 Å². The monoisotopic (exact) mass is 204 g/mol. The van der Waals surface area contributed by atoms with Gasteiger partial charge in [-0.05, 0) is 49.9 Å². The van der Waals surface area contributed by atoms with Crippen molar-refractivity contribution in [3.05, 3.63) is 29.3 Å². The molecule has 0 aliphatic heterocycles. The third kappa shape index (κ3) is 2.98. The highest BCUT2D eigenvalue weighted by Gasteiger charge is 2.23. The number of hydrogen-bond donors (Lipinski definition) is 2. The fourth-order valence-corrected chi connectivity index (χ4v) is 1.63. The summed E-state index contributed by atoms with van der Waals surface area (Å²) in [4.78, 5) is 11.5. The lowest BCUT2D eigenvalue weighted by Crippen LogP contribution is -2.30. The summed E-state index contributed by atoms with van der Waals surface area (Å²) in [6.45, 7) is 4.05. The third-order valence-electron chi connectivity index (χ3n) is 2.39. The van der Waals surface area contributed by atoms with Crippen molar-refractivity contribution in [1.82, 2.24) is 5.32 Å². The fourth-order valence-electron chi connectivity index (χ4n) is 1.63. The van der Waals surface area contributed by atoms with Gasteiger partial charge in [-0.15, -0.1) is 0 Å². The molecule has 0 aromatic heterocycles. The van der Waals surface area contributed by atoms with Gasteiger partial charge in [0.1, 0.15) is 0 Å². The van der Waals surface area contributed by atoms with Crippen LogP contribution in [0.5, 0.6) is 0 Å². The van der Waals surface area contributed by atoms with E-state index < -0.39 is 0 Å². The molecule has 0 saturated heterocycles. The molecule has 0 atom stereocenters. The summed E-state index contributed by atoms with van der Waals surface area (Å²) in [7, 11) is 0. The maximum Gasteiger partial charge on any atom is 0.319 e. The largest absolute Gasteiger partial charge is 0.335 e. The van der Waals surface area contributed by atoms with Gasteiger partial charge in [-0.2, -0.15) is 0 Å². The predicted molar refractivity (Wildman–Crippen MR) is 61.1 cm³/mol. The first-order valence-corrected chi connectivity index (χ1v) is 5.29. The van der Waals surface area contributed by atoms with Crippen LogP contribution < -0.4 is 10.6 Å². The van der Waals surface area contributed by atoms with Gasteiger partial charge in [-0.1, -0.05) is 6.07 Å². The zero-order chi connectivity index (χ0) is 10.8. The molecule has 1 aromatic carbocycles. The Morgan fingerprint density at radius 1 is 1.20 bits per heavy atom. The van der Waals surface area contributed by atoms with Gasteiger partial charge in [0, 0.05) is 11.7 Å². The Balaban J connectivity index is 1.99. The number of anilines is 1. The number of benzene rings is 1. The maximum atomic E-state index is 11.5. The van der Waals surface area contributed by atoms with Gasteiger partial charge in [0.05, 0.1) is 0 Å². The number of carbonyl (C=O) groups is 1. The Morgan fingerprint density at radius 3 is 2.33 bits per heavy atom. The van der Waals surface area contributed by atoms with Crippen molar-refractivity contribution in [1.29, 1.82) is 0 Å². The summed E-state index contributed by atoms with van der Waals surface area (Å²) < 4.78 is 0. The van der Waals surface area contributed by atoms with Crippen molar-refractivity contribution in [2.75, 3.05) is 5.32 Å². The first-order valence-electron chi connectivity index (χ1n) is 5.29. The zero-order valence-corrected chi connectivity index (χ0v) is 9.13. The van der Waals surface area contributed by atoms with E-state index in [1.54, 1.807) is 0 Å². The fraction of sp³-hybridized carbons (Fsp3) is 0.417. The van der Waals surface area contributed by atoms with Crippen molar-refractivity contribution in [2.24, 2.45) is 0 Å². The minimum atomic E-state index is -0.0949. The molecule has 80 valence electrons. The summed E-state index contributed by atoms with van der Waals surface area (Å²) in [5.41, 5.74) is 3.19. The predicted octanol–water partition coefficient (Wildman–Crippen LogP) is 2.59. The van der Waals surface area contributed by atoms with Crippen LogP contribution in [0.15, 0.2) is 18.2 Å². The van der Waals surface area contributed by atoms with E-state index in [9.17, 15) is 4.79 Å². The first kappa shape index (κ1) is 10.0. The number of urea groups is 1. The average molecular weight is 204 g/mol. The molecule has 1 aliphatic carbocycles. The van der Waals surface area contributed by atoms with E-state index in [4.69, 9.17) is 0 Å². The lowest BCUT2D eigenvalue weighted by Gasteiger charge is -2.08. The number of amides is 2. The molecule has 0 spiro atoms. The molecule has 1 fully saturated rings. The van der Waals surface area contributed by atoms with Crippen LogP contribution in [0, 0.1) is 13.8 Å². The van der Waals surface area contributed by atoms with Crippen molar-refractivity contribution in [2.45, 2.75) is 32.7 Å². The van der Waals surface area contributed by atoms with Gasteiger partial charge in [0.25, 0.3) is 0 Å². The second-order valence-corrected chi connectivity index (χ2v) is 4.25. The number of rotatable bonds is 2. The summed E-state index contributed by atoms with van der Waals surface area (Å²) >= 11 is 0. The van der Waals surface area contributed by atoms with E-state index in [0.29, 0.717) is 6.04 Å². The van der Waals surface area contributed by atoms with Gasteiger partial charge >= 0.3 is 6.03 Å². The zero-order valence-electron chi connectivity index (χ0n) is 9.13.